The van der Waals surface area contributed by atoms with Crippen molar-refractivity contribution in [2.24, 2.45) is 0 Å². The Morgan fingerprint density at radius 3 is 2.62 bits per heavy atom. The van der Waals surface area contributed by atoms with Crippen LogP contribution in [0.25, 0.3) is 0 Å². The summed E-state index contributed by atoms with van der Waals surface area (Å²) < 4.78 is 18.3. The van der Waals surface area contributed by atoms with Crippen molar-refractivity contribution in [3.05, 3.63) is 57.5 Å². The average molecular weight is 347 g/mol. The summed E-state index contributed by atoms with van der Waals surface area (Å²) in [6, 6.07) is 10.6. The van der Waals surface area contributed by atoms with Gasteiger partial charge in [0.2, 0.25) is 0 Å². The van der Waals surface area contributed by atoms with Gasteiger partial charge in [0, 0.05) is 29.4 Å². The molecule has 0 radical (unpaired) electrons. The minimum Gasteiger partial charge on any atom is -0.389 e. The molecule has 0 spiro atoms. The largest absolute Gasteiger partial charge is 0.389 e. The molecule has 3 nitrogen and oxygen atoms in total. The van der Waals surface area contributed by atoms with E-state index >= 15 is 0 Å². The number of aliphatic hydroxyl groups is 1. The number of thiophene rings is 1. The van der Waals surface area contributed by atoms with E-state index in [1.807, 2.05) is 0 Å². The molecule has 1 heterocycles. The van der Waals surface area contributed by atoms with Gasteiger partial charge >= 0.3 is 0 Å². The van der Waals surface area contributed by atoms with E-state index in [4.69, 9.17) is 11.2 Å². The lowest BCUT2D eigenvalue weighted by Gasteiger charge is -2.24. The summed E-state index contributed by atoms with van der Waals surface area (Å²) >= 11 is 1.74. The molecule has 1 aromatic carbocycles. The maximum atomic E-state index is 13.1. The van der Waals surface area contributed by atoms with Crippen molar-refractivity contribution in [3.63, 3.8) is 0 Å². The zero-order chi connectivity index (χ0) is 17.4. The molecule has 5 heteroatoms. The van der Waals surface area contributed by atoms with Gasteiger partial charge in [0.05, 0.1) is 12.7 Å². The van der Waals surface area contributed by atoms with Crippen molar-refractivity contribution in [2.75, 3.05) is 19.8 Å². The SMILES string of the molecule is C#CCOCC(O)CN(Cc1ccc(F)cc1)Cc1ccc(C)s1. The van der Waals surface area contributed by atoms with E-state index in [-0.39, 0.29) is 19.0 Å². The van der Waals surface area contributed by atoms with Crippen LogP contribution in [0, 0.1) is 25.1 Å². The molecule has 0 aliphatic carbocycles. The third-order valence-electron chi connectivity index (χ3n) is 3.46. The standard InChI is InChI=1S/C19H22FNO2S/c1-3-10-23-14-18(22)12-21(13-19-9-4-15(2)24-19)11-16-5-7-17(20)8-6-16/h1,4-9,18,22H,10-14H2,2H3. The normalized spacial score (nSPS) is 12.3. The monoisotopic (exact) mass is 347 g/mol. The van der Waals surface area contributed by atoms with Gasteiger partial charge in [-0.2, -0.15) is 0 Å². The van der Waals surface area contributed by atoms with E-state index in [0.29, 0.717) is 13.1 Å². The fourth-order valence-corrected chi connectivity index (χ4v) is 3.36. The first kappa shape index (κ1) is 18.6. The Morgan fingerprint density at radius 1 is 1.25 bits per heavy atom. The van der Waals surface area contributed by atoms with Crippen molar-refractivity contribution in [1.29, 1.82) is 0 Å². The van der Waals surface area contributed by atoms with Gasteiger partial charge in [-0.15, -0.1) is 17.8 Å². The molecule has 0 fully saturated rings. The number of hydrogen-bond donors (Lipinski definition) is 1. The molecule has 1 aromatic heterocycles. The molecule has 1 atom stereocenters. The van der Waals surface area contributed by atoms with Gasteiger partial charge in [-0.1, -0.05) is 18.1 Å². The molecule has 24 heavy (non-hydrogen) atoms. The molecule has 1 N–H and O–H groups in total. The number of aryl methyl sites for hydroxylation is 1. The van der Waals surface area contributed by atoms with E-state index < -0.39 is 6.10 Å². The summed E-state index contributed by atoms with van der Waals surface area (Å²) in [6.45, 7) is 4.28. The van der Waals surface area contributed by atoms with Crippen molar-refractivity contribution in [1.82, 2.24) is 4.90 Å². The summed E-state index contributed by atoms with van der Waals surface area (Å²) in [6.07, 6.45) is 4.51. The molecule has 0 amide bonds. The van der Waals surface area contributed by atoms with Gasteiger partial charge in [-0.3, -0.25) is 4.90 Å². The van der Waals surface area contributed by atoms with Gasteiger partial charge in [0.15, 0.2) is 0 Å². The number of hydrogen-bond acceptors (Lipinski definition) is 4. The summed E-state index contributed by atoms with van der Waals surface area (Å²) in [5.74, 6) is 2.14. The Morgan fingerprint density at radius 2 is 2.00 bits per heavy atom. The van der Waals surface area contributed by atoms with Gasteiger partial charge < -0.3 is 9.84 Å². The van der Waals surface area contributed by atoms with Crippen LogP contribution in [0.4, 0.5) is 4.39 Å². The quantitative estimate of drug-likeness (QED) is 0.558. The van der Waals surface area contributed by atoms with E-state index in [2.05, 4.69) is 29.9 Å². The summed E-state index contributed by atoms with van der Waals surface area (Å²) in [4.78, 5) is 4.61. The third kappa shape index (κ3) is 6.42. The van der Waals surface area contributed by atoms with Crippen LogP contribution in [0.15, 0.2) is 36.4 Å². The van der Waals surface area contributed by atoms with Crippen LogP contribution in [-0.4, -0.2) is 35.9 Å². The molecule has 0 aliphatic heterocycles. The predicted molar refractivity (Wildman–Crippen MR) is 95.2 cm³/mol. The highest BCUT2D eigenvalue weighted by atomic mass is 32.1. The number of ether oxygens (including phenoxy) is 1. The minimum atomic E-state index is -0.625. The third-order valence-corrected chi connectivity index (χ3v) is 4.44. The van der Waals surface area contributed by atoms with Gasteiger partial charge in [-0.25, -0.2) is 4.39 Å². The average Bonchev–Trinajstić information content (AvgIpc) is 2.95. The van der Waals surface area contributed by atoms with E-state index in [1.54, 1.807) is 23.5 Å². The van der Waals surface area contributed by atoms with Crippen LogP contribution >= 0.6 is 11.3 Å². The fraction of sp³-hybridized carbons (Fsp3) is 0.368. The van der Waals surface area contributed by atoms with Crippen molar-refractivity contribution < 1.29 is 14.2 Å². The molecule has 128 valence electrons. The van der Waals surface area contributed by atoms with Crippen LogP contribution in [0.2, 0.25) is 0 Å². The smallest absolute Gasteiger partial charge is 0.123 e. The number of halogens is 1. The lowest BCUT2D eigenvalue weighted by atomic mass is 10.2. The van der Waals surface area contributed by atoms with Gasteiger partial charge in [-0.05, 0) is 36.8 Å². The van der Waals surface area contributed by atoms with Crippen LogP contribution < -0.4 is 0 Å². The fourth-order valence-electron chi connectivity index (χ4n) is 2.43. The Kier molecular flexibility index (Phi) is 7.41. The number of terminal acetylenes is 1. The number of aliphatic hydroxyl groups excluding tert-OH is 1. The Hall–Kier alpha value is -1.71. The molecule has 0 bridgehead atoms. The highest BCUT2D eigenvalue weighted by molar-refractivity contribution is 7.11. The first-order valence-electron chi connectivity index (χ1n) is 7.78. The topological polar surface area (TPSA) is 32.7 Å². The van der Waals surface area contributed by atoms with Crippen LogP contribution in [0.3, 0.4) is 0 Å². The zero-order valence-corrected chi connectivity index (χ0v) is 14.6. The van der Waals surface area contributed by atoms with Crippen LogP contribution in [-0.2, 0) is 17.8 Å². The molecule has 1 unspecified atom stereocenters. The Bertz CT molecular complexity index is 663. The summed E-state index contributed by atoms with van der Waals surface area (Å²) in [5, 5.41) is 10.2. The highest BCUT2D eigenvalue weighted by Crippen LogP contribution is 2.19. The molecular weight excluding hydrogens is 325 g/mol. The Labute approximate surface area is 146 Å². The molecule has 0 saturated heterocycles. The second-order valence-electron chi connectivity index (χ2n) is 5.68. The zero-order valence-electron chi connectivity index (χ0n) is 13.7. The molecule has 0 aliphatic rings. The number of rotatable bonds is 9. The molecule has 2 rings (SSSR count). The molecular formula is C19H22FNO2S. The van der Waals surface area contributed by atoms with Gasteiger partial charge in [0.1, 0.15) is 12.4 Å². The second-order valence-corrected chi connectivity index (χ2v) is 7.05. The van der Waals surface area contributed by atoms with Crippen molar-refractivity contribution in [3.8, 4) is 12.3 Å². The summed E-state index contributed by atoms with van der Waals surface area (Å²) in [5.41, 5.74) is 1.00. The first-order chi connectivity index (χ1) is 11.6. The predicted octanol–water partition coefficient (Wildman–Crippen LogP) is 3.21. The molecule has 0 saturated carbocycles. The Balaban J connectivity index is 1.99. The lowest BCUT2D eigenvalue weighted by Crippen LogP contribution is -2.34. The van der Waals surface area contributed by atoms with Crippen LogP contribution in [0.1, 0.15) is 15.3 Å². The van der Waals surface area contributed by atoms with Crippen molar-refractivity contribution in [2.45, 2.75) is 26.1 Å². The van der Waals surface area contributed by atoms with Crippen molar-refractivity contribution >= 4 is 11.3 Å². The van der Waals surface area contributed by atoms with E-state index in [9.17, 15) is 9.50 Å². The van der Waals surface area contributed by atoms with Gasteiger partial charge in [0.25, 0.3) is 0 Å². The maximum absolute atomic E-state index is 13.1. The second kappa shape index (κ2) is 9.55. The number of nitrogens with zero attached hydrogens (tertiary/aromatic N) is 1. The lowest BCUT2D eigenvalue weighted by molar-refractivity contribution is 0.0245. The highest BCUT2D eigenvalue weighted by Gasteiger charge is 2.14. The minimum absolute atomic E-state index is 0.194. The van der Waals surface area contributed by atoms with E-state index in [1.165, 1.54) is 21.9 Å². The van der Waals surface area contributed by atoms with Crippen LogP contribution in [0.5, 0.6) is 0 Å². The number of benzene rings is 1. The summed E-state index contributed by atoms with van der Waals surface area (Å²) in [7, 11) is 0. The maximum Gasteiger partial charge on any atom is 0.123 e. The van der Waals surface area contributed by atoms with E-state index in [0.717, 1.165) is 12.1 Å². The molecule has 2 aromatic rings. The first-order valence-corrected chi connectivity index (χ1v) is 8.60.